The molecule has 150 valence electrons. The van der Waals surface area contributed by atoms with Crippen molar-refractivity contribution in [2.24, 2.45) is 5.41 Å². The molecule has 5 rings (SSSR count). The molecule has 1 spiro atoms. The minimum absolute atomic E-state index is 0.0167. The van der Waals surface area contributed by atoms with Crippen molar-refractivity contribution in [1.82, 2.24) is 15.1 Å². The van der Waals surface area contributed by atoms with Gasteiger partial charge in [0.2, 0.25) is 11.8 Å². The molecule has 7 nitrogen and oxygen atoms in total. The van der Waals surface area contributed by atoms with Gasteiger partial charge in [0.05, 0.1) is 12.2 Å². The van der Waals surface area contributed by atoms with Crippen LogP contribution in [-0.4, -0.2) is 47.3 Å². The van der Waals surface area contributed by atoms with E-state index in [1.54, 1.807) is 12.1 Å². The molecule has 1 amide bonds. The summed E-state index contributed by atoms with van der Waals surface area (Å²) < 4.78 is 17.0. The molecule has 0 saturated carbocycles. The van der Waals surface area contributed by atoms with Gasteiger partial charge in [0, 0.05) is 37.3 Å². The third-order valence-corrected chi connectivity index (χ3v) is 6.19. The number of nitrogens with zero attached hydrogens (tertiary/aromatic N) is 3. The molecule has 1 aromatic carbocycles. The molecule has 2 saturated heterocycles. The highest BCUT2D eigenvalue weighted by Gasteiger charge is 2.51. The molecular weight excluding hydrogens is 370 g/mol. The van der Waals surface area contributed by atoms with Gasteiger partial charge in [0.1, 0.15) is 0 Å². The molecule has 3 aromatic rings. The largest absolute Gasteiger partial charge is 0.459 e. The van der Waals surface area contributed by atoms with Crippen molar-refractivity contribution in [2.75, 3.05) is 26.3 Å². The molecule has 1 unspecified atom stereocenters. The Labute approximate surface area is 168 Å². The molecule has 0 radical (unpaired) electrons. The van der Waals surface area contributed by atoms with Crippen molar-refractivity contribution in [3.05, 3.63) is 59.9 Å². The third kappa shape index (κ3) is 3.25. The highest BCUT2D eigenvalue weighted by molar-refractivity contribution is 5.91. The van der Waals surface area contributed by atoms with Crippen LogP contribution in [0.25, 0.3) is 11.5 Å². The zero-order chi connectivity index (χ0) is 19.8. The first kappa shape index (κ1) is 18.1. The summed E-state index contributed by atoms with van der Waals surface area (Å²) in [5, 5.41) is 8.67. The predicted octanol–water partition coefficient (Wildman–Crippen LogP) is 3.67. The normalized spacial score (nSPS) is 21.0. The maximum Gasteiger partial charge on any atom is 0.289 e. The quantitative estimate of drug-likeness (QED) is 0.675. The van der Waals surface area contributed by atoms with Gasteiger partial charge in [-0.1, -0.05) is 17.7 Å². The minimum Gasteiger partial charge on any atom is -0.459 e. The predicted molar refractivity (Wildman–Crippen MR) is 104 cm³/mol. The van der Waals surface area contributed by atoms with E-state index in [-0.39, 0.29) is 17.2 Å². The van der Waals surface area contributed by atoms with E-state index in [1.807, 2.05) is 36.1 Å². The van der Waals surface area contributed by atoms with Crippen LogP contribution >= 0.6 is 0 Å². The lowest BCUT2D eigenvalue weighted by Gasteiger charge is -2.36. The van der Waals surface area contributed by atoms with Crippen LogP contribution in [0, 0.1) is 12.3 Å². The van der Waals surface area contributed by atoms with Gasteiger partial charge in [0.15, 0.2) is 5.76 Å². The summed E-state index contributed by atoms with van der Waals surface area (Å²) in [4.78, 5) is 14.8. The molecule has 0 bridgehead atoms. The highest BCUT2D eigenvalue weighted by Crippen LogP contribution is 2.49. The van der Waals surface area contributed by atoms with E-state index >= 15 is 0 Å². The number of aryl methyl sites for hydroxylation is 1. The highest BCUT2D eigenvalue weighted by atomic mass is 16.5. The van der Waals surface area contributed by atoms with Gasteiger partial charge in [0.25, 0.3) is 5.91 Å². The Bertz CT molecular complexity index is 988. The summed E-state index contributed by atoms with van der Waals surface area (Å²) in [7, 11) is 0. The SMILES string of the molecule is Cc1ccc(-c2nnc(C3CN(C(=O)c4ccco4)CC34CCOCC4)o2)cc1. The lowest BCUT2D eigenvalue weighted by molar-refractivity contribution is 0.00893. The Balaban J connectivity index is 1.45. The van der Waals surface area contributed by atoms with E-state index in [0.717, 1.165) is 18.4 Å². The van der Waals surface area contributed by atoms with E-state index in [2.05, 4.69) is 10.2 Å². The number of benzene rings is 1. The number of hydrogen-bond acceptors (Lipinski definition) is 6. The Hall–Kier alpha value is -2.93. The van der Waals surface area contributed by atoms with Crippen LogP contribution in [-0.2, 0) is 4.74 Å². The first-order chi connectivity index (χ1) is 14.1. The molecule has 7 heteroatoms. The smallest absolute Gasteiger partial charge is 0.289 e. The minimum atomic E-state index is -0.114. The van der Waals surface area contributed by atoms with Crippen LogP contribution in [0.15, 0.2) is 51.5 Å². The molecular formula is C22H23N3O4. The summed E-state index contributed by atoms with van der Waals surface area (Å²) in [6, 6.07) is 11.5. The average Bonchev–Trinajstić information content (AvgIpc) is 3.49. The van der Waals surface area contributed by atoms with Crippen LogP contribution in [0.2, 0.25) is 0 Å². The van der Waals surface area contributed by atoms with Crippen LogP contribution in [0.4, 0.5) is 0 Å². The van der Waals surface area contributed by atoms with Gasteiger partial charge in [-0.15, -0.1) is 10.2 Å². The second kappa shape index (κ2) is 7.15. The summed E-state index contributed by atoms with van der Waals surface area (Å²) in [6.45, 7) is 4.58. The molecule has 4 heterocycles. The molecule has 29 heavy (non-hydrogen) atoms. The van der Waals surface area contributed by atoms with Crippen LogP contribution in [0.3, 0.4) is 0 Å². The number of ether oxygens (including phenoxy) is 1. The fraction of sp³-hybridized carbons (Fsp3) is 0.409. The number of hydrogen-bond donors (Lipinski definition) is 0. The monoisotopic (exact) mass is 393 g/mol. The number of furan rings is 1. The number of aromatic nitrogens is 2. The fourth-order valence-electron chi connectivity index (χ4n) is 4.49. The van der Waals surface area contributed by atoms with Gasteiger partial charge < -0.3 is 18.5 Å². The molecule has 1 atom stereocenters. The molecule has 2 fully saturated rings. The van der Waals surface area contributed by atoms with Crippen molar-refractivity contribution in [2.45, 2.75) is 25.7 Å². The van der Waals surface area contributed by atoms with Gasteiger partial charge >= 0.3 is 0 Å². The van der Waals surface area contributed by atoms with Crippen molar-refractivity contribution in [1.29, 1.82) is 0 Å². The Kier molecular flexibility index (Phi) is 4.47. The molecule has 2 aliphatic heterocycles. The van der Waals surface area contributed by atoms with E-state index in [0.29, 0.717) is 43.8 Å². The van der Waals surface area contributed by atoms with Crippen LogP contribution in [0.5, 0.6) is 0 Å². The van der Waals surface area contributed by atoms with Gasteiger partial charge in [-0.3, -0.25) is 4.79 Å². The second-order valence-corrected chi connectivity index (χ2v) is 8.00. The number of rotatable bonds is 3. The lowest BCUT2D eigenvalue weighted by Crippen LogP contribution is -2.37. The van der Waals surface area contributed by atoms with E-state index in [9.17, 15) is 4.79 Å². The first-order valence-corrected chi connectivity index (χ1v) is 9.96. The van der Waals surface area contributed by atoms with Crippen LogP contribution < -0.4 is 0 Å². The molecule has 2 aromatic heterocycles. The molecule has 0 aliphatic carbocycles. The topological polar surface area (TPSA) is 81.6 Å². The third-order valence-electron chi connectivity index (χ3n) is 6.19. The van der Waals surface area contributed by atoms with Crippen LogP contribution in [0.1, 0.15) is 40.8 Å². The first-order valence-electron chi connectivity index (χ1n) is 9.96. The standard InChI is InChI=1S/C22H23N3O4/c1-15-4-6-16(7-5-15)19-23-24-20(29-19)17-13-25(21(26)18-3-2-10-28-18)14-22(17)8-11-27-12-9-22/h2-7,10,17H,8-9,11-14H2,1H3. The van der Waals surface area contributed by atoms with E-state index in [1.165, 1.54) is 11.8 Å². The number of carbonyl (C=O) groups is 1. The second-order valence-electron chi connectivity index (χ2n) is 8.00. The summed E-state index contributed by atoms with van der Waals surface area (Å²) >= 11 is 0. The lowest BCUT2D eigenvalue weighted by atomic mass is 9.72. The van der Waals surface area contributed by atoms with E-state index < -0.39 is 0 Å². The number of carbonyl (C=O) groups excluding carboxylic acids is 1. The zero-order valence-corrected chi connectivity index (χ0v) is 16.3. The summed E-state index contributed by atoms with van der Waals surface area (Å²) in [5.74, 6) is 1.35. The number of likely N-dealkylation sites (tertiary alicyclic amines) is 1. The molecule has 0 N–H and O–H groups in total. The summed E-state index contributed by atoms with van der Waals surface area (Å²) in [5.41, 5.74) is 1.96. The zero-order valence-electron chi connectivity index (χ0n) is 16.3. The maximum atomic E-state index is 12.9. The fourth-order valence-corrected chi connectivity index (χ4v) is 4.49. The maximum absolute atomic E-state index is 12.9. The van der Waals surface area contributed by atoms with Crippen molar-refractivity contribution in [3.63, 3.8) is 0 Å². The van der Waals surface area contributed by atoms with Gasteiger partial charge in [-0.25, -0.2) is 0 Å². The van der Waals surface area contributed by atoms with E-state index in [4.69, 9.17) is 13.6 Å². The van der Waals surface area contributed by atoms with Gasteiger partial charge in [-0.05, 0) is 44.0 Å². The average molecular weight is 393 g/mol. The Morgan fingerprint density at radius 2 is 1.93 bits per heavy atom. The Morgan fingerprint density at radius 3 is 2.66 bits per heavy atom. The van der Waals surface area contributed by atoms with Crippen molar-refractivity contribution >= 4 is 5.91 Å². The molecule has 2 aliphatic rings. The summed E-state index contributed by atoms with van der Waals surface area (Å²) in [6.07, 6.45) is 3.25. The van der Waals surface area contributed by atoms with Gasteiger partial charge in [-0.2, -0.15) is 0 Å². The number of amides is 1. The van der Waals surface area contributed by atoms with Crippen molar-refractivity contribution in [3.8, 4) is 11.5 Å². The Morgan fingerprint density at radius 1 is 1.14 bits per heavy atom. The van der Waals surface area contributed by atoms with Crippen molar-refractivity contribution < 1.29 is 18.4 Å².